The Morgan fingerprint density at radius 1 is 1.15 bits per heavy atom. The van der Waals surface area contributed by atoms with Gasteiger partial charge >= 0.3 is 5.97 Å². The lowest BCUT2D eigenvalue weighted by Crippen LogP contribution is -2.35. The minimum Gasteiger partial charge on any atom is -0.496 e. The zero-order valence-electron chi connectivity index (χ0n) is 23.4. The van der Waals surface area contributed by atoms with Crippen molar-refractivity contribution in [1.82, 2.24) is 14.2 Å². The molecule has 1 aliphatic carbocycles. The van der Waals surface area contributed by atoms with Gasteiger partial charge in [-0.05, 0) is 60.9 Å². The molecule has 2 aromatic heterocycles. The quantitative estimate of drug-likeness (QED) is 0.287. The molecule has 0 aliphatic heterocycles. The Labute approximate surface area is 238 Å². The number of carbonyl (C=O) groups is 1. The molecule has 9 nitrogen and oxygen atoms in total. The molecular weight excluding hydrogens is 520 g/mol. The van der Waals surface area contributed by atoms with Gasteiger partial charge in [0.1, 0.15) is 18.0 Å². The molecule has 0 radical (unpaired) electrons. The average molecular weight is 555 g/mol. The molecule has 212 valence electrons. The fourth-order valence-corrected chi connectivity index (χ4v) is 5.95. The van der Waals surface area contributed by atoms with Crippen molar-refractivity contribution < 1.29 is 19.4 Å². The highest BCUT2D eigenvalue weighted by Gasteiger charge is 2.28. The van der Waals surface area contributed by atoms with Crippen molar-refractivity contribution in [3.63, 3.8) is 0 Å². The van der Waals surface area contributed by atoms with Crippen molar-refractivity contribution in [1.29, 1.82) is 5.26 Å². The van der Waals surface area contributed by atoms with E-state index in [-0.39, 0.29) is 24.3 Å². The van der Waals surface area contributed by atoms with E-state index in [1.165, 1.54) is 0 Å². The summed E-state index contributed by atoms with van der Waals surface area (Å²) in [6.45, 7) is 1.78. The van der Waals surface area contributed by atoms with Crippen molar-refractivity contribution in [2.45, 2.75) is 64.0 Å². The van der Waals surface area contributed by atoms with Crippen LogP contribution >= 0.6 is 0 Å². The van der Waals surface area contributed by atoms with Gasteiger partial charge in [-0.3, -0.25) is 9.36 Å². The molecule has 0 spiro atoms. The zero-order valence-corrected chi connectivity index (χ0v) is 23.4. The van der Waals surface area contributed by atoms with Gasteiger partial charge in [0.25, 0.3) is 5.56 Å². The van der Waals surface area contributed by atoms with Crippen LogP contribution in [0.15, 0.2) is 59.5 Å². The monoisotopic (exact) mass is 554 g/mol. The Bertz CT molecular complexity index is 1660. The molecule has 0 atom stereocenters. The van der Waals surface area contributed by atoms with Gasteiger partial charge in [0, 0.05) is 24.1 Å². The zero-order chi connectivity index (χ0) is 28.9. The number of aryl methyl sites for hydroxylation is 1. The number of carboxylic acid groups (broad SMARTS) is 1. The lowest BCUT2D eigenvalue weighted by Gasteiger charge is -2.30. The molecule has 5 rings (SSSR count). The normalized spacial score (nSPS) is 16.9. The molecule has 0 saturated heterocycles. The van der Waals surface area contributed by atoms with Gasteiger partial charge < -0.3 is 14.6 Å². The number of hydrogen-bond acceptors (Lipinski definition) is 6. The molecule has 4 aromatic rings. The van der Waals surface area contributed by atoms with Crippen LogP contribution < -0.4 is 10.3 Å². The summed E-state index contributed by atoms with van der Waals surface area (Å²) >= 11 is 0. The van der Waals surface area contributed by atoms with Crippen LogP contribution in [0.4, 0.5) is 0 Å². The van der Waals surface area contributed by atoms with Gasteiger partial charge in [-0.15, -0.1) is 0 Å². The second kappa shape index (κ2) is 12.4. The maximum atomic E-state index is 14.3. The van der Waals surface area contributed by atoms with Crippen molar-refractivity contribution >= 4 is 11.6 Å². The van der Waals surface area contributed by atoms with Crippen molar-refractivity contribution in [2.24, 2.45) is 0 Å². The topological polar surface area (TPSA) is 119 Å². The molecule has 1 N–H and O–H groups in total. The van der Waals surface area contributed by atoms with Crippen LogP contribution in [-0.2, 0) is 22.4 Å². The second-order valence-corrected chi connectivity index (χ2v) is 10.4. The molecule has 1 saturated carbocycles. The van der Waals surface area contributed by atoms with Crippen LogP contribution in [0.25, 0.3) is 16.8 Å². The third-order valence-corrected chi connectivity index (χ3v) is 7.90. The summed E-state index contributed by atoms with van der Waals surface area (Å²) in [6.07, 6.45) is 6.37. The lowest BCUT2D eigenvalue weighted by atomic mass is 9.92. The van der Waals surface area contributed by atoms with E-state index in [1.54, 1.807) is 19.4 Å². The molecular formula is C32H34N4O5. The second-order valence-electron chi connectivity index (χ2n) is 10.4. The van der Waals surface area contributed by atoms with Gasteiger partial charge in [-0.1, -0.05) is 43.7 Å². The van der Waals surface area contributed by atoms with Crippen molar-refractivity contribution in [3.05, 3.63) is 87.5 Å². The Kier molecular flexibility index (Phi) is 8.50. The summed E-state index contributed by atoms with van der Waals surface area (Å²) in [5.41, 5.74) is 5.49. The highest BCUT2D eigenvalue weighted by molar-refractivity contribution is 5.72. The smallest absolute Gasteiger partial charge is 0.329 e. The van der Waals surface area contributed by atoms with Crippen LogP contribution in [0.5, 0.6) is 5.75 Å². The predicted molar refractivity (Wildman–Crippen MR) is 154 cm³/mol. The fourth-order valence-electron chi connectivity index (χ4n) is 5.95. The van der Waals surface area contributed by atoms with E-state index in [4.69, 9.17) is 14.6 Å². The number of aliphatic carboxylic acids is 1. The summed E-state index contributed by atoms with van der Waals surface area (Å²) in [5.74, 6) is -0.321. The molecule has 9 heteroatoms. The molecule has 2 heterocycles. The largest absolute Gasteiger partial charge is 0.496 e. The number of benzene rings is 2. The number of carboxylic acids is 1. The number of nitrogens with zero attached hydrogens (tertiary/aromatic N) is 4. The van der Waals surface area contributed by atoms with Crippen LogP contribution in [0.2, 0.25) is 0 Å². The minimum atomic E-state index is -0.974. The van der Waals surface area contributed by atoms with Crippen LogP contribution in [0.3, 0.4) is 0 Å². The van der Waals surface area contributed by atoms with E-state index in [1.807, 2.05) is 51.5 Å². The van der Waals surface area contributed by atoms with Gasteiger partial charge in [0.15, 0.2) is 0 Å². The summed E-state index contributed by atoms with van der Waals surface area (Å²) in [7, 11) is 1.62. The van der Waals surface area contributed by atoms with Crippen molar-refractivity contribution in [3.8, 4) is 22.9 Å². The maximum Gasteiger partial charge on any atom is 0.329 e. The minimum absolute atomic E-state index is 0.0303. The summed E-state index contributed by atoms with van der Waals surface area (Å²) < 4.78 is 15.1. The molecule has 0 bridgehead atoms. The SMILES string of the molecule is CCCc1c(Cc2ccc(-c3ccccc3C#N)cc2OC)c(=O)n(C2CCC(OCC(=O)O)CC2)c2ccnn12. The first-order valence-corrected chi connectivity index (χ1v) is 14.0. The summed E-state index contributed by atoms with van der Waals surface area (Å²) in [6, 6.07) is 17.4. The Balaban J connectivity index is 1.53. The average Bonchev–Trinajstić information content (AvgIpc) is 3.48. The lowest BCUT2D eigenvalue weighted by molar-refractivity contribution is -0.145. The molecule has 2 aromatic carbocycles. The number of aromatic nitrogens is 3. The Morgan fingerprint density at radius 2 is 1.93 bits per heavy atom. The number of fused-ring (bicyclic) bond motifs is 1. The molecule has 0 unspecified atom stereocenters. The summed E-state index contributed by atoms with van der Waals surface area (Å²) in [5, 5.41) is 23.2. The highest BCUT2D eigenvalue weighted by Crippen LogP contribution is 2.33. The number of methoxy groups -OCH3 is 1. The van der Waals surface area contributed by atoms with E-state index in [2.05, 4.69) is 18.1 Å². The Morgan fingerprint density at radius 3 is 2.63 bits per heavy atom. The fraction of sp³-hybridized carbons (Fsp3) is 0.375. The molecule has 1 fully saturated rings. The predicted octanol–water partition coefficient (Wildman–Crippen LogP) is 5.17. The molecule has 1 aliphatic rings. The Hall–Kier alpha value is -4.42. The first-order valence-electron chi connectivity index (χ1n) is 14.0. The van der Waals surface area contributed by atoms with E-state index < -0.39 is 5.97 Å². The van der Waals surface area contributed by atoms with Crippen LogP contribution in [-0.4, -0.2) is 45.1 Å². The van der Waals surface area contributed by atoms with E-state index >= 15 is 0 Å². The van der Waals surface area contributed by atoms with Crippen molar-refractivity contribution in [2.75, 3.05) is 13.7 Å². The number of ether oxygens (including phenoxy) is 2. The van der Waals surface area contributed by atoms with Gasteiger partial charge in [0.05, 0.1) is 36.7 Å². The van der Waals surface area contributed by atoms with Crippen LogP contribution in [0, 0.1) is 11.3 Å². The maximum absolute atomic E-state index is 14.3. The number of nitriles is 1. The molecule has 0 amide bonds. The van der Waals surface area contributed by atoms with E-state index in [0.29, 0.717) is 55.4 Å². The first-order chi connectivity index (χ1) is 19.9. The van der Waals surface area contributed by atoms with Gasteiger partial charge in [-0.2, -0.15) is 10.4 Å². The highest BCUT2D eigenvalue weighted by atomic mass is 16.5. The van der Waals surface area contributed by atoms with E-state index in [9.17, 15) is 14.9 Å². The van der Waals surface area contributed by atoms with Gasteiger partial charge in [-0.25, -0.2) is 9.31 Å². The molecule has 41 heavy (non-hydrogen) atoms. The van der Waals surface area contributed by atoms with E-state index in [0.717, 1.165) is 34.5 Å². The number of rotatable bonds is 10. The standard InChI is InChI=1S/C32H34N4O5/c1-3-6-28-27(17-22-10-9-21(18-29(22)40-2)26-8-5-4-7-23(26)19-33)32(39)35(30-15-16-34-36(28)30)24-11-13-25(14-12-24)41-20-31(37)38/h4-5,7-10,15-16,18,24-25H,3,6,11-14,17,20H2,1-2H3,(H,37,38). The third-order valence-electron chi connectivity index (χ3n) is 7.90. The third kappa shape index (κ3) is 5.74. The first kappa shape index (κ1) is 28.1. The van der Waals surface area contributed by atoms with Gasteiger partial charge in [0.2, 0.25) is 0 Å². The summed E-state index contributed by atoms with van der Waals surface area (Å²) in [4.78, 5) is 25.2. The number of hydrogen-bond donors (Lipinski definition) is 1. The van der Waals surface area contributed by atoms with Crippen LogP contribution in [0.1, 0.15) is 67.5 Å².